The van der Waals surface area contributed by atoms with Crippen LogP contribution in [-0.2, 0) is 27.9 Å². The second kappa shape index (κ2) is 4.01. The molecular weight excluding hydrogens is 306 g/mol. The van der Waals surface area contributed by atoms with Gasteiger partial charge in [0.2, 0.25) is 0 Å². The molecule has 7 nitrogen and oxygen atoms in total. The predicted octanol–water partition coefficient (Wildman–Crippen LogP) is -1.69. The van der Waals surface area contributed by atoms with Crippen LogP contribution in [-0.4, -0.2) is 55.7 Å². The van der Waals surface area contributed by atoms with Crippen molar-refractivity contribution in [1.82, 2.24) is 4.98 Å². The van der Waals surface area contributed by atoms with Gasteiger partial charge in [-0.05, 0) is 12.8 Å². The summed E-state index contributed by atoms with van der Waals surface area (Å²) < 4.78 is 70.5. The van der Waals surface area contributed by atoms with E-state index in [0.717, 1.165) is 0 Å². The van der Waals surface area contributed by atoms with Crippen molar-refractivity contribution >= 4 is 33.5 Å². The van der Waals surface area contributed by atoms with Crippen molar-refractivity contribution in [2.45, 2.75) is 18.9 Å². The van der Waals surface area contributed by atoms with Crippen molar-refractivity contribution in [1.29, 1.82) is 0 Å². The van der Waals surface area contributed by atoms with Gasteiger partial charge in [-0.2, -0.15) is 0 Å². The molecule has 1 saturated carbocycles. The fourth-order valence-electron chi connectivity index (χ4n) is 1.62. The van der Waals surface area contributed by atoms with Crippen LogP contribution in [0.2, 0.25) is 0 Å². The summed E-state index contributed by atoms with van der Waals surface area (Å²) >= 11 is 0. The smallest absolute Gasteiger partial charge is 0.299 e. The molecule has 0 aromatic heterocycles. The van der Waals surface area contributed by atoms with Crippen LogP contribution in [0.4, 0.5) is 0 Å². The van der Waals surface area contributed by atoms with E-state index in [1.807, 2.05) is 0 Å². The van der Waals surface area contributed by atoms with E-state index in [2.05, 4.69) is 4.98 Å². The quantitative estimate of drug-likeness (QED) is 0.601. The molecule has 102 valence electrons. The van der Waals surface area contributed by atoms with Gasteiger partial charge >= 0.3 is 5.68 Å². The summed E-state index contributed by atoms with van der Waals surface area (Å²) in [6.07, 6.45) is 3.18. The highest BCUT2D eigenvalue weighted by Crippen LogP contribution is 2.28. The molecule has 11 heteroatoms. The van der Waals surface area contributed by atoms with Gasteiger partial charge < -0.3 is 0 Å². The standard InChI is InChI=1S/C6H15NO6S3Si/c1-14(8,9)17(15(2,10)11,16(3,12)13)7-6-4-5-6/h6-7H,4-5H2,1-3H3. The first-order valence-corrected chi connectivity index (χ1v) is 14.5. The van der Waals surface area contributed by atoms with E-state index in [9.17, 15) is 25.3 Å². The van der Waals surface area contributed by atoms with E-state index in [4.69, 9.17) is 0 Å². The molecule has 0 radical (unpaired) electrons. The molecule has 1 N–H and O–H groups in total. The van der Waals surface area contributed by atoms with E-state index in [-0.39, 0.29) is 6.04 Å². The van der Waals surface area contributed by atoms with Crippen LogP contribution in [0.15, 0.2) is 0 Å². The topological polar surface area (TPSA) is 114 Å². The lowest BCUT2D eigenvalue weighted by Crippen LogP contribution is -2.68. The molecule has 0 heterocycles. The van der Waals surface area contributed by atoms with Gasteiger partial charge in [0, 0.05) is 24.8 Å². The Kier molecular flexibility index (Phi) is 3.56. The lowest BCUT2D eigenvalue weighted by molar-refractivity contribution is 0.602. The van der Waals surface area contributed by atoms with Crippen LogP contribution in [0.5, 0.6) is 0 Å². The van der Waals surface area contributed by atoms with Gasteiger partial charge in [0.15, 0.2) is 27.9 Å². The van der Waals surface area contributed by atoms with Crippen molar-refractivity contribution in [3.8, 4) is 0 Å². The van der Waals surface area contributed by atoms with Gasteiger partial charge in [-0.1, -0.05) is 0 Å². The summed E-state index contributed by atoms with van der Waals surface area (Å²) in [4.78, 5) is 2.40. The zero-order valence-corrected chi connectivity index (χ0v) is 13.1. The molecular formula is C6H15NO6S3Si. The fourth-order valence-corrected chi connectivity index (χ4v) is 27.9. The molecule has 0 atom stereocenters. The molecule has 0 spiro atoms. The van der Waals surface area contributed by atoms with E-state index in [0.29, 0.717) is 31.6 Å². The number of rotatable bonds is 5. The summed E-state index contributed by atoms with van der Waals surface area (Å²) in [6.45, 7) is 0. The summed E-state index contributed by atoms with van der Waals surface area (Å²) in [7, 11) is -12.7. The third-order valence-electron chi connectivity index (χ3n) is 2.42. The first-order valence-electron chi connectivity index (χ1n) is 4.69. The van der Waals surface area contributed by atoms with Crippen LogP contribution < -0.4 is 4.98 Å². The van der Waals surface area contributed by atoms with Gasteiger partial charge in [0.05, 0.1) is 0 Å². The monoisotopic (exact) mass is 321 g/mol. The van der Waals surface area contributed by atoms with Crippen LogP contribution >= 0.6 is 0 Å². The summed E-state index contributed by atoms with van der Waals surface area (Å²) in [5.41, 5.74) is -4.73. The molecule has 1 aliphatic carbocycles. The molecule has 1 aliphatic rings. The fraction of sp³-hybridized carbons (Fsp3) is 1.00. The molecule has 0 bridgehead atoms. The second-order valence-electron chi connectivity index (χ2n) is 4.29. The molecule has 1 rings (SSSR count). The van der Waals surface area contributed by atoms with Crippen LogP contribution in [0.1, 0.15) is 12.8 Å². The van der Waals surface area contributed by atoms with Crippen molar-refractivity contribution in [3.05, 3.63) is 0 Å². The summed E-state index contributed by atoms with van der Waals surface area (Å²) in [6, 6.07) is -0.333. The summed E-state index contributed by atoms with van der Waals surface area (Å²) in [5.74, 6) is 0. The Morgan fingerprint density at radius 2 is 1.12 bits per heavy atom. The number of nitrogens with one attached hydrogen (secondary N) is 1. The van der Waals surface area contributed by atoms with Crippen molar-refractivity contribution in [3.63, 3.8) is 0 Å². The molecule has 1 fully saturated rings. The SMILES string of the molecule is CS(=O)(=O)[Si](NC1CC1)(S(C)(=O)=O)S(C)(=O)=O. The minimum atomic E-state index is -4.73. The average Bonchev–Trinajstić information content (AvgIpc) is 2.74. The van der Waals surface area contributed by atoms with E-state index >= 15 is 0 Å². The maximum Gasteiger partial charge on any atom is 0.519 e. The molecule has 0 saturated heterocycles. The Hall–Kier alpha value is 0.0269. The Labute approximate surface area is 101 Å². The van der Waals surface area contributed by atoms with Gasteiger partial charge in [0.1, 0.15) is 0 Å². The largest absolute Gasteiger partial charge is 0.519 e. The second-order valence-corrected chi connectivity index (χ2v) is 24.8. The van der Waals surface area contributed by atoms with Gasteiger partial charge in [0.25, 0.3) is 0 Å². The molecule has 0 aromatic rings. The lowest BCUT2D eigenvalue weighted by atomic mass is 10.8. The predicted molar refractivity (Wildman–Crippen MR) is 66.4 cm³/mol. The third-order valence-corrected chi connectivity index (χ3v) is 32.3. The summed E-state index contributed by atoms with van der Waals surface area (Å²) in [5, 5.41) is 0. The molecule has 0 unspecified atom stereocenters. The minimum absolute atomic E-state index is 0.333. The molecule has 0 aromatic carbocycles. The minimum Gasteiger partial charge on any atom is -0.299 e. The van der Waals surface area contributed by atoms with E-state index < -0.39 is 33.5 Å². The van der Waals surface area contributed by atoms with Gasteiger partial charge in [-0.25, -0.2) is 25.3 Å². The maximum absolute atomic E-state index is 11.8. The Morgan fingerprint density at radius 3 is 1.29 bits per heavy atom. The zero-order valence-electron chi connectivity index (χ0n) is 9.67. The van der Waals surface area contributed by atoms with E-state index in [1.54, 1.807) is 0 Å². The Bertz CT molecular complexity index is 536. The number of hydrogen-bond acceptors (Lipinski definition) is 7. The van der Waals surface area contributed by atoms with Crippen molar-refractivity contribution in [2.75, 3.05) is 18.8 Å². The van der Waals surface area contributed by atoms with E-state index in [1.165, 1.54) is 0 Å². The van der Waals surface area contributed by atoms with Gasteiger partial charge in [-0.15, -0.1) is 0 Å². The highest BCUT2D eigenvalue weighted by molar-refractivity contribution is 8.73. The molecule has 17 heavy (non-hydrogen) atoms. The first-order chi connectivity index (χ1) is 7.33. The normalized spacial score (nSPS) is 19.2. The number of hydrogen-bond donors (Lipinski definition) is 1. The third kappa shape index (κ3) is 2.57. The Morgan fingerprint density at radius 1 is 0.824 bits per heavy atom. The average molecular weight is 321 g/mol. The highest BCUT2D eigenvalue weighted by Gasteiger charge is 2.67. The van der Waals surface area contributed by atoms with Crippen LogP contribution in [0.25, 0.3) is 0 Å². The maximum atomic E-state index is 11.8. The van der Waals surface area contributed by atoms with Gasteiger partial charge in [-0.3, -0.25) is 4.98 Å². The van der Waals surface area contributed by atoms with Crippen molar-refractivity contribution in [2.24, 2.45) is 0 Å². The molecule has 0 amide bonds. The highest BCUT2D eigenvalue weighted by atomic mass is 32.8. The van der Waals surface area contributed by atoms with Crippen LogP contribution in [0.3, 0.4) is 0 Å². The first kappa shape index (κ1) is 15.1. The zero-order chi connectivity index (χ0) is 13.7. The van der Waals surface area contributed by atoms with Crippen LogP contribution in [0, 0.1) is 0 Å². The molecule has 0 aliphatic heterocycles. The lowest BCUT2D eigenvalue weighted by Gasteiger charge is -2.25. The Balaban J connectivity index is 3.64. The van der Waals surface area contributed by atoms with Crippen molar-refractivity contribution < 1.29 is 25.3 Å².